The number of benzene rings is 1. The molecule has 1 aromatic carbocycles. The van der Waals surface area contributed by atoms with Gasteiger partial charge < -0.3 is 9.67 Å². The Bertz CT molecular complexity index is 1470. The minimum absolute atomic E-state index is 0.00344. The monoisotopic (exact) mass is 473 g/mol. The number of para-hydroxylation sites is 1. The first kappa shape index (κ1) is 21.0. The number of fused-ring (bicyclic) bond motifs is 5. The van der Waals surface area contributed by atoms with Gasteiger partial charge in [0.25, 0.3) is 5.56 Å². The van der Waals surface area contributed by atoms with Crippen molar-refractivity contribution < 1.29 is 9.90 Å². The number of amides is 1. The molecule has 0 saturated carbocycles. The van der Waals surface area contributed by atoms with Gasteiger partial charge in [-0.05, 0) is 35.9 Å². The zero-order valence-corrected chi connectivity index (χ0v) is 19.2. The van der Waals surface area contributed by atoms with E-state index >= 15 is 0 Å². The van der Waals surface area contributed by atoms with E-state index in [-0.39, 0.29) is 17.4 Å². The summed E-state index contributed by atoms with van der Waals surface area (Å²) in [7, 11) is 0. The minimum Gasteiger partial charge on any atom is -0.493 e. The molecule has 4 aromatic rings. The fraction of sp³-hybridized carbons (Fsp3) is 0.280. The highest BCUT2D eigenvalue weighted by molar-refractivity contribution is 7.12. The Morgan fingerprint density at radius 1 is 1.06 bits per heavy atom. The van der Waals surface area contributed by atoms with Crippen LogP contribution in [0.25, 0.3) is 10.9 Å². The van der Waals surface area contributed by atoms with Gasteiger partial charge in [0, 0.05) is 42.7 Å². The summed E-state index contributed by atoms with van der Waals surface area (Å²) < 4.78 is 3.75. The number of carbonyl (C=O) groups excluding carboxylic acids is 1. The summed E-state index contributed by atoms with van der Waals surface area (Å²) in [5.74, 6) is 0.242. The van der Waals surface area contributed by atoms with Crippen LogP contribution in [0.2, 0.25) is 0 Å². The molecule has 2 aliphatic heterocycles. The van der Waals surface area contributed by atoms with E-state index in [0.29, 0.717) is 23.2 Å². The number of piperidine rings is 1. The Balaban J connectivity index is 1.31. The molecular formula is C25H23N5O3S. The van der Waals surface area contributed by atoms with E-state index in [9.17, 15) is 14.7 Å². The highest BCUT2D eigenvalue weighted by atomic mass is 32.1. The zero-order chi connectivity index (χ0) is 23.2. The number of nitrogens with zero attached hydrogens (tertiary/aromatic N) is 5. The molecule has 1 saturated heterocycles. The lowest BCUT2D eigenvalue weighted by Crippen LogP contribution is -2.47. The third-order valence-corrected chi connectivity index (χ3v) is 7.64. The third-order valence-electron chi connectivity index (χ3n) is 6.79. The number of aromatic hydroxyl groups is 1. The van der Waals surface area contributed by atoms with Gasteiger partial charge in [-0.25, -0.2) is 0 Å². The average molecular weight is 474 g/mol. The minimum atomic E-state index is -0.427. The van der Waals surface area contributed by atoms with E-state index in [0.717, 1.165) is 42.7 Å². The van der Waals surface area contributed by atoms with Crippen LogP contribution in [-0.2, 0) is 13.2 Å². The molecule has 0 aliphatic carbocycles. The van der Waals surface area contributed by atoms with Crippen LogP contribution >= 0.6 is 11.3 Å². The summed E-state index contributed by atoms with van der Waals surface area (Å²) in [6.45, 7) is 2.87. The molecule has 9 heteroatoms. The van der Waals surface area contributed by atoms with E-state index in [1.54, 1.807) is 18.2 Å². The zero-order valence-electron chi connectivity index (χ0n) is 18.4. The standard InChI is InChI=1S/C25H23N5O3S/c31-22-9-3-7-19-17-11-16(13-29(19)22)12-28(14-17)15-30-20-6-2-1-5-18(20)23(25(30)33)26-27-24(32)21-8-4-10-34-21/h1-10,16-17,33H,11-15H2. The molecule has 2 unspecified atom stereocenters. The molecule has 6 rings (SSSR count). The van der Waals surface area contributed by atoms with E-state index in [1.165, 1.54) is 11.3 Å². The molecule has 34 heavy (non-hydrogen) atoms. The molecule has 2 bridgehead atoms. The maximum atomic E-state index is 12.3. The second-order valence-electron chi connectivity index (χ2n) is 8.98. The number of pyridine rings is 1. The molecule has 0 radical (unpaired) electrons. The van der Waals surface area contributed by atoms with E-state index in [4.69, 9.17) is 0 Å². The van der Waals surface area contributed by atoms with Gasteiger partial charge >= 0.3 is 5.91 Å². The molecular weight excluding hydrogens is 450 g/mol. The molecule has 8 nitrogen and oxygen atoms in total. The molecule has 2 aliphatic rings. The van der Waals surface area contributed by atoms with Gasteiger partial charge in [0.05, 0.1) is 17.1 Å². The van der Waals surface area contributed by atoms with Crippen LogP contribution in [0, 0.1) is 5.92 Å². The van der Waals surface area contributed by atoms with Gasteiger partial charge in [-0.1, -0.05) is 30.3 Å². The lowest BCUT2D eigenvalue weighted by molar-refractivity contribution is 0.0922. The number of azo groups is 1. The SMILES string of the molecule is O=C(N=Nc1c(O)n(CN2CC3CC(C2)c2cccc(=O)n2C3)c2ccccc12)c1cccs1. The average Bonchev–Trinajstić information content (AvgIpc) is 3.46. The maximum Gasteiger partial charge on any atom is 0.305 e. The van der Waals surface area contributed by atoms with Crippen LogP contribution in [0.1, 0.15) is 27.7 Å². The van der Waals surface area contributed by atoms with Gasteiger partial charge in [0.2, 0.25) is 5.88 Å². The third kappa shape index (κ3) is 3.57. The number of thiophene rings is 1. The summed E-state index contributed by atoms with van der Waals surface area (Å²) in [6, 6.07) is 16.6. The summed E-state index contributed by atoms with van der Waals surface area (Å²) in [5.41, 5.74) is 2.30. The summed E-state index contributed by atoms with van der Waals surface area (Å²) in [5, 5.41) is 21.7. The molecule has 2 atom stereocenters. The Morgan fingerprint density at radius 3 is 2.79 bits per heavy atom. The first-order valence-corrected chi connectivity index (χ1v) is 12.2. The van der Waals surface area contributed by atoms with Crippen molar-refractivity contribution in [3.05, 3.63) is 80.9 Å². The van der Waals surface area contributed by atoms with E-state index < -0.39 is 5.91 Å². The van der Waals surface area contributed by atoms with Crippen LogP contribution in [0.5, 0.6) is 5.88 Å². The van der Waals surface area contributed by atoms with Crippen molar-refractivity contribution in [1.82, 2.24) is 14.0 Å². The van der Waals surface area contributed by atoms with Crippen LogP contribution in [0.4, 0.5) is 5.69 Å². The molecule has 1 fully saturated rings. The largest absolute Gasteiger partial charge is 0.493 e. The fourth-order valence-corrected chi connectivity index (χ4v) is 5.97. The molecule has 172 valence electrons. The van der Waals surface area contributed by atoms with Gasteiger partial charge in [-0.2, -0.15) is 0 Å². The Hall–Kier alpha value is -3.56. The molecule has 3 aromatic heterocycles. The highest BCUT2D eigenvalue weighted by Gasteiger charge is 2.35. The molecule has 5 heterocycles. The predicted octanol–water partition coefficient (Wildman–Crippen LogP) is 4.57. The lowest BCUT2D eigenvalue weighted by atomic mass is 9.83. The van der Waals surface area contributed by atoms with Crippen molar-refractivity contribution in [2.45, 2.75) is 25.6 Å². The van der Waals surface area contributed by atoms with Crippen LogP contribution in [-0.4, -0.2) is 38.1 Å². The van der Waals surface area contributed by atoms with Crippen molar-refractivity contribution in [1.29, 1.82) is 0 Å². The van der Waals surface area contributed by atoms with Crippen LogP contribution < -0.4 is 5.56 Å². The second-order valence-corrected chi connectivity index (χ2v) is 9.92. The van der Waals surface area contributed by atoms with Gasteiger partial charge in [0.15, 0.2) is 5.69 Å². The second kappa shape index (κ2) is 8.34. The van der Waals surface area contributed by atoms with Crippen molar-refractivity contribution in [3.8, 4) is 5.88 Å². The van der Waals surface area contributed by atoms with Crippen LogP contribution in [0.3, 0.4) is 0 Å². The van der Waals surface area contributed by atoms with Gasteiger partial charge in [-0.15, -0.1) is 21.6 Å². The fourth-order valence-electron chi connectivity index (χ4n) is 5.37. The molecule has 1 amide bonds. The van der Waals surface area contributed by atoms with E-state index in [2.05, 4.69) is 21.2 Å². The van der Waals surface area contributed by atoms with Crippen molar-refractivity contribution >= 4 is 33.8 Å². The van der Waals surface area contributed by atoms with Crippen LogP contribution in [0.15, 0.2) is 75.0 Å². The number of hydrogen-bond acceptors (Lipinski definition) is 6. The highest BCUT2D eigenvalue weighted by Crippen LogP contribution is 2.40. The number of carbonyl (C=O) groups is 1. The Kier molecular flexibility index (Phi) is 5.15. The topological polar surface area (TPSA) is 92.2 Å². The summed E-state index contributed by atoms with van der Waals surface area (Å²) in [4.78, 5) is 27.5. The molecule has 1 N–H and O–H groups in total. The Labute approximate surface area is 199 Å². The Morgan fingerprint density at radius 2 is 1.94 bits per heavy atom. The van der Waals surface area contributed by atoms with Crippen molar-refractivity contribution in [2.24, 2.45) is 16.1 Å². The maximum absolute atomic E-state index is 12.3. The smallest absolute Gasteiger partial charge is 0.305 e. The predicted molar refractivity (Wildman–Crippen MR) is 130 cm³/mol. The normalized spacial score (nSPS) is 20.1. The summed E-state index contributed by atoms with van der Waals surface area (Å²) in [6.07, 6.45) is 1.07. The lowest BCUT2D eigenvalue weighted by Gasteiger charge is -2.42. The number of likely N-dealkylation sites (tertiary alicyclic amines) is 1. The first-order valence-electron chi connectivity index (χ1n) is 11.3. The summed E-state index contributed by atoms with van der Waals surface area (Å²) >= 11 is 1.31. The van der Waals surface area contributed by atoms with E-state index in [1.807, 2.05) is 44.8 Å². The molecule has 0 spiro atoms. The quantitative estimate of drug-likeness (QED) is 0.440. The first-order chi connectivity index (χ1) is 16.6. The number of aromatic nitrogens is 2. The van der Waals surface area contributed by atoms with Crippen molar-refractivity contribution in [2.75, 3.05) is 13.1 Å². The van der Waals surface area contributed by atoms with Gasteiger partial charge in [0.1, 0.15) is 0 Å². The van der Waals surface area contributed by atoms with Crippen molar-refractivity contribution in [3.63, 3.8) is 0 Å². The number of rotatable bonds is 4. The number of hydrogen-bond donors (Lipinski definition) is 1. The van der Waals surface area contributed by atoms with Gasteiger partial charge in [-0.3, -0.25) is 19.1 Å².